The van der Waals surface area contributed by atoms with E-state index in [2.05, 4.69) is 22.1 Å². The van der Waals surface area contributed by atoms with Crippen molar-refractivity contribution in [3.8, 4) is 22.8 Å². The van der Waals surface area contributed by atoms with Crippen molar-refractivity contribution < 1.29 is 9.53 Å². The zero-order valence-electron chi connectivity index (χ0n) is 18.2. The molecule has 32 heavy (non-hydrogen) atoms. The standard InChI is InChI=1S/C23H26ClN5O2S/c1-3-31-18-10-8-17(9-11-18)29-22(19-6-4-5-7-20(19)24)25-26-23(29)32-16-21(30)28-14-12-27(2)13-15-28/h4-11H,3,12-16H2,1-2H3. The van der Waals surface area contributed by atoms with Crippen molar-refractivity contribution in [2.45, 2.75) is 12.1 Å². The minimum absolute atomic E-state index is 0.114. The lowest BCUT2D eigenvalue weighted by Gasteiger charge is -2.32. The second kappa shape index (κ2) is 10.4. The van der Waals surface area contributed by atoms with Crippen LogP contribution in [0.2, 0.25) is 5.02 Å². The van der Waals surface area contributed by atoms with E-state index in [4.69, 9.17) is 16.3 Å². The molecule has 7 nitrogen and oxygen atoms in total. The van der Waals surface area contributed by atoms with Gasteiger partial charge in [0, 0.05) is 37.4 Å². The number of aromatic nitrogens is 3. The Morgan fingerprint density at radius 3 is 2.47 bits per heavy atom. The summed E-state index contributed by atoms with van der Waals surface area (Å²) in [5.41, 5.74) is 1.66. The number of rotatable bonds is 7. The van der Waals surface area contributed by atoms with E-state index >= 15 is 0 Å². The summed E-state index contributed by atoms with van der Waals surface area (Å²) in [5, 5.41) is 10.1. The third-order valence-corrected chi connectivity index (χ3v) is 6.58. The van der Waals surface area contributed by atoms with Crippen LogP contribution < -0.4 is 4.74 Å². The lowest BCUT2D eigenvalue weighted by molar-refractivity contribution is -0.129. The van der Waals surface area contributed by atoms with Crippen LogP contribution in [0.3, 0.4) is 0 Å². The first-order valence-corrected chi connectivity index (χ1v) is 12.0. The Morgan fingerprint density at radius 2 is 1.78 bits per heavy atom. The van der Waals surface area contributed by atoms with Gasteiger partial charge in [0.2, 0.25) is 5.91 Å². The highest BCUT2D eigenvalue weighted by Crippen LogP contribution is 2.32. The van der Waals surface area contributed by atoms with E-state index in [0.717, 1.165) is 43.2 Å². The van der Waals surface area contributed by atoms with E-state index < -0.39 is 0 Å². The third kappa shape index (κ3) is 5.09. The summed E-state index contributed by atoms with van der Waals surface area (Å²) in [7, 11) is 2.08. The van der Waals surface area contributed by atoms with Crippen LogP contribution in [0.1, 0.15) is 6.92 Å². The Balaban J connectivity index is 1.62. The second-order valence-corrected chi connectivity index (χ2v) is 8.87. The molecule has 0 aliphatic carbocycles. The molecule has 3 aromatic rings. The largest absolute Gasteiger partial charge is 0.494 e. The third-order valence-electron chi connectivity index (χ3n) is 5.33. The number of carbonyl (C=O) groups is 1. The molecule has 9 heteroatoms. The Kier molecular flexibility index (Phi) is 7.34. The van der Waals surface area contributed by atoms with Crippen molar-refractivity contribution in [3.63, 3.8) is 0 Å². The van der Waals surface area contributed by atoms with E-state index in [1.54, 1.807) is 0 Å². The summed E-state index contributed by atoms with van der Waals surface area (Å²) in [6.45, 7) is 5.87. The summed E-state index contributed by atoms with van der Waals surface area (Å²) < 4.78 is 7.52. The van der Waals surface area contributed by atoms with Gasteiger partial charge in [-0.2, -0.15) is 0 Å². The van der Waals surface area contributed by atoms with Crippen molar-refractivity contribution in [2.24, 2.45) is 0 Å². The minimum atomic E-state index is 0.114. The van der Waals surface area contributed by atoms with Gasteiger partial charge in [0.1, 0.15) is 5.75 Å². The van der Waals surface area contributed by atoms with E-state index in [9.17, 15) is 4.79 Å². The molecule has 1 amide bonds. The molecular weight excluding hydrogens is 446 g/mol. The van der Waals surface area contributed by atoms with Crippen LogP contribution in [0, 0.1) is 0 Å². The van der Waals surface area contributed by atoms with Gasteiger partial charge in [-0.05, 0) is 50.4 Å². The number of hydrogen-bond donors (Lipinski definition) is 0. The van der Waals surface area contributed by atoms with Crippen molar-refractivity contribution in [3.05, 3.63) is 53.6 Å². The summed E-state index contributed by atoms with van der Waals surface area (Å²) in [4.78, 5) is 16.9. The van der Waals surface area contributed by atoms with Gasteiger partial charge in [0.15, 0.2) is 11.0 Å². The number of carbonyl (C=O) groups excluding carboxylic acids is 1. The van der Waals surface area contributed by atoms with Crippen molar-refractivity contribution in [1.29, 1.82) is 0 Å². The van der Waals surface area contributed by atoms with Gasteiger partial charge in [-0.15, -0.1) is 10.2 Å². The van der Waals surface area contributed by atoms with Crippen molar-refractivity contribution >= 4 is 29.3 Å². The highest BCUT2D eigenvalue weighted by molar-refractivity contribution is 7.99. The van der Waals surface area contributed by atoms with Crippen molar-refractivity contribution in [2.75, 3.05) is 45.6 Å². The Bertz CT molecular complexity index is 1060. The molecule has 0 bridgehead atoms. The number of thioether (sulfide) groups is 1. The summed E-state index contributed by atoms with van der Waals surface area (Å²) in [6.07, 6.45) is 0. The molecule has 0 radical (unpaired) electrons. The lowest BCUT2D eigenvalue weighted by atomic mass is 10.2. The van der Waals surface area contributed by atoms with Crippen LogP contribution in [-0.2, 0) is 4.79 Å². The first-order chi connectivity index (χ1) is 15.6. The van der Waals surface area contributed by atoms with Gasteiger partial charge >= 0.3 is 0 Å². The van der Waals surface area contributed by atoms with E-state index in [-0.39, 0.29) is 5.91 Å². The Morgan fingerprint density at radius 1 is 1.06 bits per heavy atom. The number of nitrogens with zero attached hydrogens (tertiary/aromatic N) is 5. The van der Waals surface area contributed by atoms with Gasteiger partial charge < -0.3 is 14.5 Å². The first kappa shape index (κ1) is 22.6. The number of benzene rings is 2. The maximum Gasteiger partial charge on any atom is 0.233 e. The molecule has 0 N–H and O–H groups in total. The zero-order chi connectivity index (χ0) is 22.5. The molecule has 0 atom stereocenters. The lowest BCUT2D eigenvalue weighted by Crippen LogP contribution is -2.47. The molecule has 168 valence electrons. The minimum Gasteiger partial charge on any atom is -0.494 e. The van der Waals surface area contributed by atoms with Crippen LogP contribution in [0.15, 0.2) is 53.7 Å². The number of likely N-dealkylation sites (N-methyl/N-ethyl adjacent to an activating group) is 1. The average molecular weight is 472 g/mol. The monoisotopic (exact) mass is 471 g/mol. The SMILES string of the molecule is CCOc1ccc(-n2c(SCC(=O)N3CCN(C)CC3)nnc2-c2ccccc2Cl)cc1. The summed E-state index contributed by atoms with van der Waals surface area (Å²) in [6, 6.07) is 15.3. The molecule has 2 aromatic carbocycles. The highest BCUT2D eigenvalue weighted by Gasteiger charge is 2.22. The predicted molar refractivity (Wildman–Crippen MR) is 128 cm³/mol. The van der Waals surface area contributed by atoms with Crippen LogP contribution in [0.5, 0.6) is 5.75 Å². The van der Waals surface area contributed by atoms with Gasteiger partial charge in [-0.25, -0.2) is 0 Å². The smallest absolute Gasteiger partial charge is 0.233 e. The number of piperazine rings is 1. The first-order valence-electron chi connectivity index (χ1n) is 10.6. The van der Waals surface area contributed by atoms with E-state index in [1.165, 1.54) is 11.8 Å². The molecule has 1 aliphatic rings. The molecule has 1 aliphatic heterocycles. The normalized spacial score (nSPS) is 14.5. The molecule has 1 saturated heterocycles. The number of ether oxygens (including phenoxy) is 1. The van der Waals surface area contributed by atoms with Crippen LogP contribution in [0.4, 0.5) is 0 Å². The van der Waals surface area contributed by atoms with E-state index in [1.807, 2.05) is 64.9 Å². The fourth-order valence-corrected chi connectivity index (χ4v) is 4.62. The van der Waals surface area contributed by atoms with Gasteiger partial charge in [0.05, 0.1) is 17.4 Å². The predicted octanol–water partition coefficient (Wildman–Crippen LogP) is 3.85. The van der Waals surface area contributed by atoms with Gasteiger partial charge in [-0.1, -0.05) is 35.5 Å². The highest BCUT2D eigenvalue weighted by atomic mass is 35.5. The second-order valence-electron chi connectivity index (χ2n) is 7.52. The molecule has 0 saturated carbocycles. The van der Waals surface area contributed by atoms with Crippen LogP contribution >= 0.6 is 23.4 Å². The molecule has 1 aromatic heterocycles. The Hall–Kier alpha value is -2.55. The molecule has 4 rings (SSSR count). The zero-order valence-corrected chi connectivity index (χ0v) is 19.8. The molecule has 1 fully saturated rings. The van der Waals surface area contributed by atoms with Crippen LogP contribution in [-0.4, -0.2) is 76.1 Å². The molecular formula is C23H26ClN5O2S. The van der Waals surface area contributed by atoms with Crippen molar-refractivity contribution in [1.82, 2.24) is 24.6 Å². The van der Waals surface area contributed by atoms with Gasteiger partial charge in [-0.3, -0.25) is 9.36 Å². The number of halogens is 1. The number of amides is 1. The Labute approximate surface area is 197 Å². The fraction of sp³-hybridized carbons (Fsp3) is 0.348. The molecule has 2 heterocycles. The topological polar surface area (TPSA) is 63.5 Å². The molecule has 0 unspecified atom stereocenters. The number of hydrogen-bond acceptors (Lipinski definition) is 6. The maximum atomic E-state index is 12.8. The summed E-state index contributed by atoms with van der Waals surface area (Å²) in [5.74, 6) is 1.85. The maximum absolute atomic E-state index is 12.8. The average Bonchev–Trinajstić information content (AvgIpc) is 3.22. The fourth-order valence-electron chi connectivity index (χ4n) is 3.54. The van der Waals surface area contributed by atoms with Crippen LogP contribution in [0.25, 0.3) is 17.1 Å². The van der Waals surface area contributed by atoms with E-state index in [0.29, 0.717) is 28.4 Å². The quantitative estimate of drug-likeness (QED) is 0.488. The van der Waals surface area contributed by atoms with Gasteiger partial charge in [0.25, 0.3) is 0 Å². The summed E-state index contributed by atoms with van der Waals surface area (Å²) >= 11 is 7.85. The molecule has 0 spiro atoms.